The fourth-order valence-corrected chi connectivity index (χ4v) is 5.96. The lowest BCUT2D eigenvalue weighted by atomic mass is 9.91. The topological polar surface area (TPSA) is 99.5 Å². The Morgan fingerprint density at radius 3 is 1.89 bits per heavy atom. The highest BCUT2D eigenvalue weighted by Crippen LogP contribution is 2.47. The molecule has 1 aliphatic carbocycles. The van der Waals surface area contributed by atoms with Crippen LogP contribution in [0.3, 0.4) is 0 Å². The third-order valence-electron chi connectivity index (χ3n) is 8.20. The molecule has 1 saturated heterocycles. The van der Waals surface area contributed by atoms with Gasteiger partial charge in [0.15, 0.2) is 0 Å². The molecule has 8 heteroatoms. The second-order valence-electron chi connectivity index (χ2n) is 10.5. The number of carbonyl (C=O) groups is 2. The number of benzene rings is 2. The molecule has 2 aromatic carbocycles. The van der Waals surface area contributed by atoms with Gasteiger partial charge in [0.1, 0.15) is 13.2 Å². The van der Waals surface area contributed by atoms with Crippen molar-refractivity contribution in [2.45, 2.75) is 51.1 Å². The van der Waals surface area contributed by atoms with Crippen LogP contribution in [0.1, 0.15) is 85.1 Å². The summed E-state index contributed by atoms with van der Waals surface area (Å²) in [5.41, 5.74) is 6.93. The standard InChI is InChI=1S/C28H32N2O6/c1-16-18(4-5-19-22(16)14-35-27(19)33)24(31)12-29-8-10-30(11-9-29)13-25(32)21-7-6-20-23(15-36-28(20)34)26(21)17-2-3-17/h4-7,17,24-25,31-32H,2-3,8-15H2,1H3/t24-,25?/m0/s1. The van der Waals surface area contributed by atoms with Crippen molar-refractivity contribution < 1.29 is 29.3 Å². The number of carbonyl (C=O) groups excluding carboxylic acids is 2. The van der Waals surface area contributed by atoms with Crippen LogP contribution in [0.4, 0.5) is 0 Å². The molecule has 6 rings (SSSR count). The molecule has 4 aliphatic rings. The van der Waals surface area contributed by atoms with E-state index in [0.717, 1.165) is 72.4 Å². The van der Waals surface area contributed by atoms with Gasteiger partial charge in [-0.15, -0.1) is 0 Å². The molecule has 3 heterocycles. The minimum atomic E-state index is -0.638. The largest absolute Gasteiger partial charge is 0.457 e. The number of fused-ring (bicyclic) bond motifs is 2. The zero-order chi connectivity index (χ0) is 25.0. The summed E-state index contributed by atoms with van der Waals surface area (Å²) in [5.74, 6) is -0.133. The Labute approximate surface area is 210 Å². The third kappa shape index (κ3) is 4.22. The van der Waals surface area contributed by atoms with Crippen LogP contribution in [0, 0.1) is 6.92 Å². The zero-order valence-corrected chi connectivity index (χ0v) is 20.5. The fourth-order valence-electron chi connectivity index (χ4n) is 5.96. The summed E-state index contributed by atoms with van der Waals surface area (Å²) < 4.78 is 10.4. The highest BCUT2D eigenvalue weighted by Gasteiger charge is 2.36. The Hall–Kier alpha value is -2.78. The molecular formula is C28H32N2O6. The van der Waals surface area contributed by atoms with Gasteiger partial charge in [-0.1, -0.05) is 12.1 Å². The predicted molar refractivity (Wildman–Crippen MR) is 131 cm³/mol. The van der Waals surface area contributed by atoms with Crippen LogP contribution >= 0.6 is 0 Å². The third-order valence-corrected chi connectivity index (χ3v) is 8.20. The number of aliphatic hydroxyl groups excluding tert-OH is 2. The average Bonchev–Trinajstić information content (AvgIpc) is 3.55. The lowest BCUT2D eigenvalue weighted by Crippen LogP contribution is -2.48. The molecule has 2 N–H and O–H groups in total. The van der Waals surface area contributed by atoms with E-state index in [1.807, 2.05) is 19.1 Å². The van der Waals surface area contributed by atoms with Crippen molar-refractivity contribution in [1.82, 2.24) is 9.80 Å². The maximum absolute atomic E-state index is 12.0. The Morgan fingerprint density at radius 1 is 0.806 bits per heavy atom. The van der Waals surface area contributed by atoms with Crippen molar-refractivity contribution in [3.63, 3.8) is 0 Å². The van der Waals surface area contributed by atoms with Crippen LogP contribution in [0.15, 0.2) is 24.3 Å². The number of esters is 2. The maximum atomic E-state index is 12.0. The molecule has 2 aromatic rings. The number of ether oxygens (including phenoxy) is 2. The minimum Gasteiger partial charge on any atom is -0.457 e. The summed E-state index contributed by atoms with van der Waals surface area (Å²) in [5, 5.41) is 22.1. The van der Waals surface area contributed by atoms with E-state index >= 15 is 0 Å². The minimum absolute atomic E-state index is 0.261. The van der Waals surface area contributed by atoms with Gasteiger partial charge in [-0.25, -0.2) is 9.59 Å². The van der Waals surface area contributed by atoms with Crippen LogP contribution < -0.4 is 0 Å². The molecule has 1 unspecified atom stereocenters. The molecule has 0 spiro atoms. The predicted octanol–water partition coefficient (Wildman–Crippen LogP) is 2.60. The van der Waals surface area contributed by atoms with Crippen molar-refractivity contribution in [1.29, 1.82) is 0 Å². The van der Waals surface area contributed by atoms with Crippen LogP contribution in [-0.4, -0.2) is 71.2 Å². The van der Waals surface area contributed by atoms with Gasteiger partial charge in [0, 0.05) is 50.4 Å². The molecule has 0 amide bonds. The summed E-state index contributed by atoms with van der Waals surface area (Å²) in [7, 11) is 0. The number of piperazine rings is 1. The van der Waals surface area contributed by atoms with E-state index < -0.39 is 12.2 Å². The smallest absolute Gasteiger partial charge is 0.338 e. The lowest BCUT2D eigenvalue weighted by Gasteiger charge is -2.37. The summed E-state index contributed by atoms with van der Waals surface area (Å²) in [6, 6.07) is 7.31. The molecule has 8 nitrogen and oxygen atoms in total. The highest BCUT2D eigenvalue weighted by molar-refractivity contribution is 5.94. The Morgan fingerprint density at radius 2 is 1.31 bits per heavy atom. The van der Waals surface area contributed by atoms with Crippen molar-refractivity contribution in [3.8, 4) is 0 Å². The van der Waals surface area contributed by atoms with E-state index in [9.17, 15) is 19.8 Å². The van der Waals surface area contributed by atoms with Crippen LogP contribution in [0.2, 0.25) is 0 Å². The number of cyclic esters (lactones) is 2. The van der Waals surface area contributed by atoms with Crippen LogP contribution in [0.25, 0.3) is 0 Å². The van der Waals surface area contributed by atoms with E-state index in [2.05, 4.69) is 9.80 Å². The number of β-amino-alcohol motifs (C(OH)–C–C–N with tert-alkyl or cyclic N) is 2. The summed E-state index contributed by atoms with van der Waals surface area (Å²) in [6.45, 7) is 6.81. The second-order valence-corrected chi connectivity index (χ2v) is 10.5. The fraction of sp³-hybridized carbons (Fsp3) is 0.500. The number of hydrogen-bond donors (Lipinski definition) is 2. The summed E-state index contributed by atoms with van der Waals surface area (Å²) in [4.78, 5) is 28.3. The number of aliphatic hydroxyl groups is 2. The van der Waals surface area contributed by atoms with Gasteiger partial charge in [-0.3, -0.25) is 9.80 Å². The van der Waals surface area contributed by atoms with E-state index in [1.54, 1.807) is 12.1 Å². The van der Waals surface area contributed by atoms with Crippen molar-refractivity contribution in [3.05, 3.63) is 68.8 Å². The van der Waals surface area contributed by atoms with E-state index in [0.29, 0.717) is 36.7 Å². The number of hydrogen-bond acceptors (Lipinski definition) is 8. The monoisotopic (exact) mass is 492 g/mol. The highest BCUT2D eigenvalue weighted by atomic mass is 16.5. The average molecular weight is 493 g/mol. The first-order valence-electron chi connectivity index (χ1n) is 12.8. The first-order valence-corrected chi connectivity index (χ1v) is 12.8. The number of rotatable bonds is 7. The first-order chi connectivity index (χ1) is 17.4. The van der Waals surface area contributed by atoms with Crippen molar-refractivity contribution in [2.24, 2.45) is 0 Å². The molecule has 2 atom stereocenters. The number of nitrogens with zero attached hydrogens (tertiary/aromatic N) is 2. The Balaban J connectivity index is 1.07. The van der Waals surface area contributed by atoms with Crippen LogP contribution in [0.5, 0.6) is 0 Å². The first kappa shape index (κ1) is 23.6. The quantitative estimate of drug-likeness (QED) is 0.569. The zero-order valence-electron chi connectivity index (χ0n) is 20.5. The van der Waals surface area contributed by atoms with Gasteiger partial charge in [0.05, 0.1) is 23.3 Å². The molecule has 0 aromatic heterocycles. The summed E-state index contributed by atoms with van der Waals surface area (Å²) >= 11 is 0. The van der Waals surface area contributed by atoms with Gasteiger partial charge in [-0.05, 0) is 60.1 Å². The van der Waals surface area contributed by atoms with Gasteiger partial charge in [-0.2, -0.15) is 0 Å². The maximum Gasteiger partial charge on any atom is 0.338 e. The van der Waals surface area contributed by atoms with E-state index in [4.69, 9.17) is 9.47 Å². The van der Waals surface area contributed by atoms with Crippen LogP contribution in [-0.2, 0) is 22.7 Å². The molecular weight excluding hydrogens is 460 g/mol. The SMILES string of the molecule is Cc1c([C@@H](O)CN2CCN(CC(O)c3ccc4c(c3C3CC3)COC4=O)CC2)ccc2c1COC2=O. The van der Waals surface area contributed by atoms with Gasteiger partial charge in [0.2, 0.25) is 0 Å². The normalized spacial score (nSPS) is 21.6. The second kappa shape index (κ2) is 9.27. The lowest BCUT2D eigenvalue weighted by molar-refractivity contribution is 0.0477. The molecule has 190 valence electrons. The Kier molecular flexibility index (Phi) is 6.08. The van der Waals surface area contributed by atoms with Gasteiger partial charge >= 0.3 is 11.9 Å². The van der Waals surface area contributed by atoms with E-state index in [-0.39, 0.29) is 18.5 Å². The van der Waals surface area contributed by atoms with Gasteiger partial charge in [0.25, 0.3) is 0 Å². The van der Waals surface area contributed by atoms with Crippen molar-refractivity contribution in [2.75, 3.05) is 39.3 Å². The van der Waals surface area contributed by atoms with Gasteiger partial charge < -0.3 is 19.7 Å². The van der Waals surface area contributed by atoms with Crippen molar-refractivity contribution >= 4 is 11.9 Å². The summed E-state index contributed by atoms with van der Waals surface area (Å²) in [6.07, 6.45) is 0.940. The molecule has 0 bridgehead atoms. The van der Waals surface area contributed by atoms with E-state index in [1.165, 1.54) is 0 Å². The molecule has 3 aliphatic heterocycles. The molecule has 1 saturated carbocycles. The molecule has 36 heavy (non-hydrogen) atoms. The Bertz CT molecular complexity index is 1220. The molecule has 0 radical (unpaired) electrons. The molecule has 2 fully saturated rings.